The second-order valence-corrected chi connectivity index (χ2v) is 10.1. The Morgan fingerprint density at radius 2 is 1.75 bits per heavy atom. The van der Waals surface area contributed by atoms with Crippen molar-refractivity contribution in [1.82, 2.24) is 0 Å². The zero-order chi connectivity index (χ0) is 25.8. The zero-order valence-corrected chi connectivity index (χ0v) is 21.2. The molecular formula is C30H34O6. The highest BCUT2D eigenvalue weighted by Crippen LogP contribution is 2.47. The molecule has 2 aromatic carbocycles. The summed E-state index contributed by atoms with van der Waals surface area (Å²) >= 11 is 0. The highest BCUT2D eigenvalue weighted by molar-refractivity contribution is 5.98. The van der Waals surface area contributed by atoms with E-state index in [4.69, 9.17) is 9.47 Å². The smallest absolute Gasteiger partial charge is 0.342 e. The molecule has 1 N–H and O–H groups in total. The predicted molar refractivity (Wildman–Crippen MR) is 137 cm³/mol. The van der Waals surface area contributed by atoms with Gasteiger partial charge in [-0.15, -0.1) is 0 Å². The minimum Gasteiger partial charge on any atom is -0.507 e. The molecule has 2 atom stereocenters. The largest absolute Gasteiger partial charge is 0.507 e. The number of Topliss-reactive ketones (excluding diaryl/α,β-unsaturated/α-hetero) is 1. The van der Waals surface area contributed by atoms with Crippen LogP contribution < -0.4 is 4.74 Å². The average Bonchev–Trinajstić information content (AvgIpc) is 2.82. The monoisotopic (exact) mass is 490 g/mol. The summed E-state index contributed by atoms with van der Waals surface area (Å²) in [5, 5.41) is 11.5. The van der Waals surface area contributed by atoms with Gasteiger partial charge in [0.1, 0.15) is 22.8 Å². The SMILES string of the molecule is CC(C)c1ccc(C2CC(=O)Oc3cc4c(c(O)c32)C(=O)O[C@@H](C)CCCC(=O)CCC/C=C/4)cc1. The molecule has 0 fully saturated rings. The minimum absolute atomic E-state index is 0.0652. The van der Waals surface area contributed by atoms with Crippen molar-refractivity contribution < 1.29 is 29.0 Å². The first-order chi connectivity index (χ1) is 17.2. The van der Waals surface area contributed by atoms with Crippen LogP contribution in [0.1, 0.15) is 110 Å². The number of phenols is 1. The topological polar surface area (TPSA) is 89.9 Å². The molecule has 190 valence electrons. The Morgan fingerprint density at radius 3 is 2.47 bits per heavy atom. The van der Waals surface area contributed by atoms with Gasteiger partial charge in [-0.2, -0.15) is 0 Å². The van der Waals surface area contributed by atoms with Crippen LogP contribution >= 0.6 is 0 Å². The van der Waals surface area contributed by atoms with Crippen molar-refractivity contribution >= 4 is 23.8 Å². The van der Waals surface area contributed by atoms with Crippen LogP contribution in [0.4, 0.5) is 0 Å². The number of esters is 2. The van der Waals surface area contributed by atoms with Crippen molar-refractivity contribution in [2.45, 2.75) is 83.7 Å². The summed E-state index contributed by atoms with van der Waals surface area (Å²) in [6.45, 7) is 6.02. The second-order valence-electron chi connectivity index (χ2n) is 10.1. The quantitative estimate of drug-likeness (QED) is 0.385. The van der Waals surface area contributed by atoms with Gasteiger partial charge in [-0.1, -0.05) is 50.3 Å². The maximum absolute atomic E-state index is 13.3. The third kappa shape index (κ3) is 5.69. The Morgan fingerprint density at radius 1 is 1.03 bits per heavy atom. The fourth-order valence-electron chi connectivity index (χ4n) is 4.92. The molecular weight excluding hydrogens is 456 g/mol. The summed E-state index contributed by atoms with van der Waals surface area (Å²) in [5.41, 5.74) is 2.98. The first-order valence-electron chi connectivity index (χ1n) is 12.8. The van der Waals surface area contributed by atoms with Crippen molar-refractivity contribution in [1.29, 1.82) is 0 Å². The van der Waals surface area contributed by atoms with Crippen LogP contribution in [-0.2, 0) is 14.3 Å². The van der Waals surface area contributed by atoms with Crippen molar-refractivity contribution in [2.75, 3.05) is 0 Å². The Labute approximate surface area is 212 Å². The van der Waals surface area contributed by atoms with E-state index in [-0.39, 0.29) is 35.2 Å². The number of carbonyl (C=O) groups excluding carboxylic acids is 3. The van der Waals surface area contributed by atoms with E-state index in [0.717, 1.165) is 5.56 Å². The number of benzene rings is 2. The second kappa shape index (κ2) is 11.1. The fourth-order valence-corrected chi connectivity index (χ4v) is 4.92. The Hall–Kier alpha value is -3.41. The van der Waals surface area contributed by atoms with Gasteiger partial charge < -0.3 is 14.6 Å². The number of phenolic OH excluding ortho intramolecular Hbond substituents is 1. The van der Waals surface area contributed by atoms with Gasteiger partial charge in [0.05, 0.1) is 12.5 Å². The van der Waals surface area contributed by atoms with Crippen molar-refractivity contribution in [2.24, 2.45) is 0 Å². The molecule has 1 unspecified atom stereocenters. The number of fused-ring (bicyclic) bond motifs is 2. The van der Waals surface area contributed by atoms with Gasteiger partial charge in [0.15, 0.2) is 0 Å². The summed E-state index contributed by atoms with van der Waals surface area (Å²) in [7, 11) is 0. The van der Waals surface area contributed by atoms with Crippen molar-refractivity contribution in [3.8, 4) is 11.5 Å². The summed E-state index contributed by atoms with van der Waals surface area (Å²) in [5.74, 6) is -0.839. The zero-order valence-electron chi connectivity index (χ0n) is 21.2. The van der Waals surface area contributed by atoms with E-state index in [9.17, 15) is 19.5 Å². The number of ketones is 1. The first kappa shape index (κ1) is 25.7. The maximum Gasteiger partial charge on any atom is 0.342 e. The molecule has 0 aliphatic carbocycles. The fraction of sp³-hybridized carbons (Fsp3) is 0.433. The van der Waals surface area contributed by atoms with E-state index in [0.29, 0.717) is 55.6 Å². The summed E-state index contributed by atoms with van der Waals surface area (Å²) in [6.07, 6.45) is 6.82. The van der Waals surface area contributed by atoms with E-state index in [1.54, 1.807) is 19.1 Å². The molecule has 0 bridgehead atoms. The lowest BCUT2D eigenvalue weighted by atomic mass is 9.83. The van der Waals surface area contributed by atoms with Crippen LogP contribution in [0.25, 0.3) is 6.08 Å². The van der Waals surface area contributed by atoms with Crippen LogP contribution in [0, 0.1) is 0 Å². The number of ether oxygens (including phenoxy) is 2. The normalized spacial score (nSPS) is 22.2. The molecule has 0 saturated carbocycles. The van der Waals surface area contributed by atoms with Crippen LogP contribution in [-0.4, -0.2) is 28.9 Å². The Kier molecular flexibility index (Phi) is 7.92. The van der Waals surface area contributed by atoms with Crippen molar-refractivity contribution in [3.05, 3.63) is 64.2 Å². The maximum atomic E-state index is 13.3. The lowest BCUT2D eigenvalue weighted by Gasteiger charge is -2.28. The van der Waals surface area contributed by atoms with Gasteiger partial charge in [-0.3, -0.25) is 9.59 Å². The predicted octanol–water partition coefficient (Wildman–Crippen LogP) is 6.44. The van der Waals surface area contributed by atoms with Gasteiger partial charge in [0.2, 0.25) is 0 Å². The molecule has 4 rings (SSSR count). The van der Waals surface area contributed by atoms with Gasteiger partial charge in [-0.25, -0.2) is 4.79 Å². The van der Waals surface area contributed by atoms with Gasteiger partial charge in [-0.05, 0) is 61.3 Å². The first-order valence-corrected chi connectivity index (χ1v) is 12.8. The van der Waals surface area contributed by atoms with Gasteiger partial charge in [0.25, 0.3) is 0 Å². The molecule has 0 aromatic heterocycles. The number of hydrogen-bond donors (Lipinski definition) is 1. The third-order valence-corrected chi connectivity index (χ3v) is 6.98. The number of carbonyl (C=O) groups is 3. The van der Waals surface area contributed by atoms with Crippen LogP contribution in [0.5, 0.6) is 11.5 Å². The molecule has 2 heterocycles. The molecule has 0 spiro atoms. The molecule has 6 nitrogen and oxygen atoms in total. The number of rotatable bonds is 2. The summed E-state index contributed by atoms with van der Waals surface area (Å²) in [6, 6.07) is 9.63. The van der Waals surface area contributed by atoms with Crippen LogP contribution in [0.2, 0.25) is 0 Å². The van der Waals surface area contributed by atoms with E-state index in [1.807, 2.05) is 30.3 Å². The molecule has 0 amide bonds. The number of aromatic hydroxyl groups is 1. The summed E-state index contributed by atoms with van der Waals surface area (Å²) in [4.78, 5) is 37.9. The molecule has 2 aromatic rings. The lowest BCUT2D eigenvalue weighted by Crippen LogP contribution is -2.23. The molecule has 2 aliphatic rings. The Bertz CT molecular complexity index is 1170. The highest BCUT2D eigenvalue weighted by atomic mass is 16.5. The molecule has 0 saturated heterocycles. The minimum atomic E-state index is -0.628. The van der Waals surface area contributed by atoms with Crippen molar-refractivity contribution in [3.63, 3.8) is 0 Å². The summed E-state index contributed by atoms with van der Waals surface area (Å²) < 4.78 is 11.2. The number of cyclic esters (lactones) is 1. The number of allylic oxidation sites excluding steroid dienone is 1. The molecule has 2 aliphatic heterocycles. The third-order valence-electron chi connectivity index (χ3n) is 6.98. The van der Waals surface area contributed by atoms with Crippen LogP contribution in [0.15, 0.2) is 36.4 Å². The van der Waals surface area contributed by atoms with Gasteiger partial charge >= 0.3 is 11.9 Å². The number of hydrogen-bond acceptors (Lipinski definition) is 6. The van der Waals surface area contributed by atoms with Crippen LogP contribution in [0.3, 0.4) is 0 Å². The van der Waals surface area contributed by atoms with E-state index < -0.39 is 18.0 Å². The van der Waals surface area contributed by atoms with E-state index >= 15 is 0 Å². The molecule has 36 heavy (non-hydrogen) atoms. The van der Waals surface area contributed by atoms with E-state index in [1.165, 1.54) is 5.56 Å². The lowest BCUT2D eigenvalue weighted by molar-refractivity contribution is -0.135. The Balaban J connectivity index is 1.79. The molecule has 6 heteroatoms. The molecule has 0 radical (unpaired) electrons. The average molecular weight is 491 g/mol. The van der Waals surface area contributed by atoms with Gasteiger partial charge in [0, 0.05) is 24.3 Å². The standard InChI is InChI=1S/C30H34O6/c1-18(2)20-12-14-21(15-13-20)24-17-26(32)36-25-16-22-9-5-4-6-10-23(31)11-7-8-19(3)35-30(34)27(22)29(33)28(24)25/h5,9,12-16,18-19,24,33H,4,6-8,10-11,17H2,1-3H3/b9-5+/t19-,24?/m0/s1. The highest BCUT2D eigenvalue weighted by Gasteiger charge is 2.35. The van der Waals surface area contributed by atoms with E-state index in [2.05, 4.69) is 13.8 Å².